The number of hydrogen-bond acceptors (Lipinski definition) is 3. The smallest absolute Gasteiger partial charge is 0.200 e. The van der Waals surface area contributed by atoms with Gasteiger partial charge >= 0.3 is 0 Å². The van der Waals surface area contributed by atoms with Gasteiger partial charge in [-0.15, -0.1) is 0 Å². The van der Waals surface area contributed by atoms with E-state index in [4.69, 9.17) is 9.47 Å². The Bertz CT molecular complexity index is 901. The number of carbonyl (C=O) groups excluding carboxylic acids is 1. The Balaban J connectivity index is 2.10. The Hall–Kier alpha value is -3.07. The molecule has 3 rings (SSSR count). The standard InChI is InChI=1S/C24H24O3/c1-3-4-17-27-24-19(18-11-6-5-7-12-18)14-10-15-21(24)23(25)20-13-8-9-16-22(20)26-2/h5-16H,3-4,17H2,1-2H3. The molecule has 0 aliphatic rings. The molecule has 3 aromatic rings. The minimum Gasteiger partial charge on any atom is -0.496 e. The fraction of sp³-hybridized carbons (Fsp3) is 0.208. The Kier molecular flexibility index (Phi) is 6.26. The molecular weight excluding hydrogens is 336 g/mol. The van der Waals surface area contributed by atoms with Crippen molar-refractivity contribution in [2.75, 3.05) is 13.7 Å². The Morgan fingerprint density at radius 1 is 0.852 bits per heavy atom. The number of hydrogen-bond donors (Lipinski definition) is 0. The topological polar surface area (TPSA) is 35.5 Å². The van der Waals surface area contributed by atoms with Crippen LogP contribution in [0, 0.1) is 0 Å². The molecule has 0 heterocycles. The molecule has 0 N–H and O–H groups in total. The van der Waals surface area contributed by atoms with E-state index in [0.29, 0.717) is 29.2 Å². The van der Waals surface area contributed by atoms with Gasteiger partial charge in [-0.1, -0.05) is 67.9 Å². The summed E-state index contributed by atoms with van der Waals surface area (Å²) >= 11 is 0. The van der Waals surface area contributed by atoms with Crippen LogP contribution in [-0.4, -0.2) is 19.5 Å². The predicted octanol–water partition coefficient (Wildman–Crippen LogP) is 5.77. The minimum absolute atomic E-state index is 0.100. The lowest BCUT2D eigenvalue weighted by atomic mass is 9.96. The van der Waals surface area contributed by atoms with Gasteiger partial charge in [0.05, 0.1) is 24.8 Å². The monoisotopic (exact) mass is 360 g/mol. The number of ketones is 1. The molecule has 27 heavy (non-hydrogen) atoms. The van der Waals surface area contributed by atoms with Gasteiger partial charge in [0, 0.05) is 5.56 Å². The Labute approximate surface area is 160 Å². The average Bonchev–Trinajstić information content (AvgIpc) is 2.74. The van der Waals surface area contributed by atoms with Gasteiger partial charge in [-0.25, -0.2) is 0 Å². The van der Waals surface area contributed by atoms with Crippen LogP contribution in [-0.2, 0) is 0 Å². The molecule has 0 bridgehead atoms. The van der Waals surface area contributed by atoms with E-state index in [2.05, 4.69) is 6.92 Å². The summed E-state index contributed by atoms with van der Waals surface area (Å²) in [6.45, 7) is 2.69. The van der Waals surface area contributed by atoms with Crippen LogP contribution in [0.25, 0.3) is 11.1 Å². The quantitative estimate of drug-likeness (QED) is 0.378. The molecule has 0 saturated carbocycles. The highest BCUT2D eigenvalue weighted by Gasteiger charge is 2.21. The number of para-hydroxylation sites is 2. The summed E-state index contributed by atoms with van der Waals surface area (Å²) < 4.78 is 11.5. The zero-order valence-electron chi connectivity index (χ0n) is 15.8. The molecule has 3 aromatic carbocycles. The van der Waals surface area contributed by atoms with E-state index in [-0.39, 0.29) is 5.78 Å². The van der Waals surface area contributed by atoms with Crippen molar-refractivity contribution in [1.82, 2.24) is 0 Å². The van der Waals surface area contributed by atoms with E-state index in [1.54, 1.807) is 19.2 Å². The molecule has 0 fully saturated rings. The van der Waals surface area contributed by atoms with Crippen molar-refractivity contribution < 1.29 is 14.3 Å². The molecule has 138 valence electrons. The van der Waals surface area contributed by atoms with E-state index in [1.807, 2.05) is 60.7 Å². The van der Waals surface area contributed by atoms with E-state index in [0.717, 1.165) is 24.0 Å². The molecule has 0 aliphatic heterocycles. The second-order valence-electron chi connectivity index (χ2n) is 6.28. The molecule has 3 nitrogen and oxygen atoms in total. The maximum Gasteiger partial charge on any atom is 0.200 e. The first kappa shape index (κ1) is 18.7. The third kappa shape index (κ3) is 4.20. The fourth-order valence-corrected chi connectivity index (χ4v) is 3.01. The van der Waals surface area contributed by atoms with Crippen molar-refractivity contribution in [1.29, 1.82) is 0 Å². The molecule has 0 atom stereocenters. The summed E-state index contributed by atoms with van der Waals surface area (Å²) in [5, 5.41) is 0. The zero-order chi connectivity index (χ0) is 19.1. The van der Waals surface area contributed by atoms with E-state index >= 15 is 0 Å². The normalized spacial score (nSPS) is 10.4. The van der Waals surface area contributed by atoms with Crippen LogP contribution in [0.3, 0.4) is 0 Å². The lowest BCUT2D eigenvalue weighted by molar-refractivity contribution is 0.103. The van der Waals surface area contributed by atoms with Gasteiger partial charge in [-0.2, -0.15) is 0 Å². The zero-order valence-corrected chi connectivity index (χ0v) is 15.8. The van der Waals surface area contributed by atoms with Gasteiger partial charge in [0.1, 0.15) is 11.5 Å². The minimum atomic E-state index is -0.100. The van der Waals surface area contributed by atoms with Crippen molar-refractivity contribution in [3.05, 3.63) is 83.9 Å². The highest BCUT2D eigenvalue weighted by atomic mass is 16.5. The number of benzene rings is 3. The molecule has 0 aromatic heterocycles. The first-order valence-corrected chi connectivity index (χ1v) is 9.25. The maximum atomic E-state index is 13.3. The van der Waals surface area contributed by atoms with Crippen molar-refractivity contribution in [3.63, 3.8) is 0 Å². The Morgan fingerprint density at radius 2 is 1.56 bits per heavy atom. The van der Waals surface area contributed by atoms with Crippen LogP contribution in [0.2, 0.25) is 0 Å². The Morgan fingerprint density at radius 3 is 2.30 bits per heavy atom. The van der Waals surface area contributed by atoms with Gasteiger partial charge in [-0.3, -0.25) is 4.79 Å². The van der Waals surface area contributed by atoms with Crippen LogP contribution < -0.4 is 9.47 Å². The van der Waals surface area contributed by atoms with Crippen molar-refractivity contribution in [2.45, 2.75) is 19.8 Å². The molecule has 0 saturated heterocycles. The van der Waals surface area contributed by atoms with E-state index < -0.39 is 0 Å². The second-order valence-corrected chi connectivity index (χ2v) is 6.28. The number of unbranched alkanes of at least 4 members (excludes halogenated alkanes) is 1. The molecule has 3 heteroatoms. The van der Waals surface area contributed by atoms with Crippen molar-refractivity contribution in [3.8, 4) is 22.6 Å². The van der Waals surface area contributed by atoms with Crippen molar-refractivity contribution >= 4 is 5.78 Å². The summed E-state index contributed by atoms with van der Waals surface area (Å²) in [5.74, 6) is 1.09. The largest absolute Gasteiger partial charge is 0.496 e. The van der Waals surface area contributed by atoms with Gasteiger partial charge in [0.15, 0.2) is 5.78 Å². The molecule has 0 aliphatic carbocycles. The summed E-state index contributed by atoms with van der Waals surface area (Å²) in [4.78, 5) is 13.3. The van der Waals surface area contributed by atoms with E-state index in [1.165, 1.54) is 0 Å². The van der Waals surface area contributed by atoms with Gasteiger partial charge in [0.2, 0.25) is 0 Å². The van der Waals surface area contributed by atoms with Crippen LogP contribution in [0.5, 0.6) is 11.5 Å². The van der Waals surface area contributed by atoms with Crippen LogP contribution >= 0.6 is 0 Å². The number of carbonyl (C=O) groups is 1. The maximum absolute atomic E-state index is 13.3. The number of methoxy groups -OCH3 is 1. The number of ether oxygens (including phenoxy) is 2. The van der Waals surface area contributed by atoms with Gasteiger partial charge in [0.25, 0.3) is 0 Å². The van der Waals surface area contributed by atoms with Gasteiger partial charge < -0.3 is 9.47 Å². The van der Waals surface area contributed by atoms with Gasteiger partial charge in [-0.05, 0) is 30.2 Å². The molecule has 0 amide bonds. The molecule has 0 unspecified atom stereocenters. The van der Waals surface area contributed by atoms with Crippen molar-refractivity contribution in [2.24, 2.45) is 0 Å². The highest BCUT2D eigenvalue weighted by molar-refractivity contribution is 6.13. The third-order valence-electron chi connectivity index (χ3n) is 4.44. The average molecular weight is 360 g/mol. The van der Waals surface area contributed by atoms with E-state index in [9.17, 15) is 4.79 Å². The summed E-state index contributed by atoms with van der Waals surface area (Å²) in [7, 11) is 1.57. The molecule has 0 radical (unpaired) electrons. The van der Waals surface area contributed by atoms with Crippen LogP contribution in [0.1, 0.15) is 35.7 Å². The third-order valence-corrected chi connectivity index (χ3v) is 4.44. The summed E-state index contributed by atoms with van der Waals surface area (Å²) in [5.41, 5.74) is 3.04. The second kappa shape index (κ2) is 9.04. The first-order valence-electron chi connectivity index (χ1n) is 9.25. The lowest BCUT2D eigenvalue weighted by Crippen LogP contribution is -2.09. The SMILES string of the molecule is CCCCOc1c(C(=O)c2ccccc2OC)cccc1-c1ccccc1. The highest BCUT2D eigenvalue weighted by Crippen LogP contribution is 2.35. The molecular formula is C24H24O3. The lowest BCUT2D eigenvalue weighted by Gasteiger charge is -2.16. The summed E-state index contributed by atoms with van der Waals surface area (Å²) in [6.07, 6.45) is 1.97. The number of rotatable bonds is 8. The molecule has 0 spiro atoms. The fourth-order valence-electron chi connectivity index (χ4n) is 3.01. The van der Waals surface area contributed by atoms with Crippen LogP contribution in [0.15, 0.2) is 72.8 Å². The first-order chi connectivity index (χ1) is 13.3. The predicted molar refractivity (Wildman–Crippen MR) is 109 cm³/mol. The van der Waals surface area contributed by atoms with Crippen LogP contribution in [0.4, 0.5) is 0 Å². The summed E-state index contributed by atoms with van der Waals surface area (Å²) in [6, 6.07) is 23.0.